The minimum Gasteiger partial charge on any atom is -0.388 e. The summed E-state index contributed by atoms with van der Waals surface area (Å²) in [5, 5.41) is 10.1. The number of hydrogen-bond donors (Lipinski definition) is 1. The topological polar surface area (TPSA) is 23.5 Å². The molecule has 0 spiro atoms. The molecule has 1 saturated heterocycles. The van der Waals surface area contributed by atoms with E-state index in [4.69, 9.17) is 0 Å². The van der Waals surface area contributed by atoms with Crippen LogP contribution >= 0.6 is 0 Å². The largest absolute Gasteiger partial charge is 0.388 e. The Kier molecular flexibility index (Phi) is 4.43. The zero-order valence-electron chi connectivity index (χ0n) is 10.7. The van der Waals surface area contributed by atoms with Gasteiger partial charge in [-0.15, -0.1) is 0 Å². The van der Waals surface area contributed by atoms with Crippen LogP contribution in [0.25, 0.3) is 0 Å². The second-order valence-electron chi connectivity index (χ2n) is 4.88. The highest BCUT2D eigenvalue weighted by Gasteiger charge is 2.16. The van der Waals surface area contributed by atoms with Crippen LogP contribution in [0.1, 0.15) is 50.7 Å². The van der Waals surface area contributed by atoms with E-state index in [0.717, 1.165) is 25.1 Å². The molecule has 1 fully saturated rings. The lowest BCUT2D eigenvalue weighted by Gasteiger charge is -2.26. The van der Waals surface area contributed by atoms with Crippen LogP contribution in [-0.4, -0.2) is 18.2 Å². The Morgan fingerprint density at radius 3 is 2.41 bits per heavy atom. The van der Waals surface area contributed by atoms with Crippen molar-refractivity contribution in [2.24, 2.45) is 0 Å². The molecule has 2 rings (SSSR count). The molecule has 1 aromatic rings. The van der Waals surface area contributed by atoms with E-state index >= 15 is 0 Å². The zero-order chi connectivity index (χ0) is 12.1. The van der Waals surface area contributed by atoms with E-state index in [1.54, 1.807) is 0 Å². The summed E-state index contributed by atoms with van der Waals surface area (Å²) in [5.74, 6) is 0. The summed E-state index contributed by atoms with van der Waals surface area (Å²) in [4.78, 5) is 2.45. The van der Waals surface area contributed by atoms with Crippen molar-refractivity contribution in [3.8, 4) is 0 Å². The molecule has 1 heterocycles. The van der Waals surface area contributed by atoms with Crippen LogP contribution in [0.2, 0.25) is 0 Å². The van der Waals surface area contributed by atoms with Crippen LogP contribution in [0.3, 0.4) is 0 Å². The number of rotatable bonds is 3. The maximum absolute atomic E-state index is 10.1. The average molecular weight is 233 g/mol. The maximum atomic E-state index is 10.1. The SMILES string of the molecule is CCC(O)c1ccccc1N1CCCCCC1. The van der Waals surface area contributed by atoms with Gasteiger partial charge in [-0.25, -0.2) is 0 Å². The third-order valence-electron chi connectivity index (χ3n) is 3.63. The van der Waals surface area contributed by atoms with Crippen molar-refractivity contribution in [1.82, 2.24) is 0 Å². The van der Waals surface area contributed by atoms with Crippen LogP contribution in [-0.2, 0) is 0 Å². The first kappa shape index (κ1) is 12.4. The monoisotopic (exact) mass is 233 g/mol. The number of para-hydroxylation sites is 1. The predicted molar refractivity (Wildman–Crippen MR) is 72.4 cm³/mol. The third kappa shape index (κ3) is 3.01. The highest BCUT2D eigenvalue weighted by Crippen LogP contribution is 2.29. The van der Waals surface area contributed by atoms with Crippen molar-refractivity contribution >= 4 is 5.69 Å². The normalized spacial score (nSPS) is 18.8. The van der Waals surface area contributed by atoms with Gasteiger partial charge in [0.05, 0.1) is 6.10 Å². The lowest BCUT2D eigenvalue weighted by Crippen LogP contribution is -2.25. The van der Waals surface area contributed by atoms with Gasteiger partial charge in [-0.3, -0.25) is 0 Å². The number of anilines is 1. The maximum Gasteiger partial charge on any atom is 0.0807 e. The molecule has 1 unspecified atom stereocenters. The van der Waals surface area contributed by atoms with E-state index in [2.05, 4.69) is 23.1 Å². The van der Waals surface area contributed by atoms with Crippen molar-refractivity contribution in [2.45, 2.75) is 45.1 Å². The van der Waals surface area contributed by atoms with Gasteiger partial charge in [0.1, 0.15) is 0 Å². The molecular formula is C15H23NO. The van der Waals surface area contributed by atoms with E-state index in [0.29, 0.717) is 0 Å². The van der Waals surface area contributed by atoms with Crippen molar-refractivity contribution in [1.29, 1.82) is 0 Å². The summed E-state index contributed by atoms with van der Waals surface area (Å²) in [5.41, 5.74) is 2.33. The molecule has 2 heteroatoms. The number of aliphatic hydroxyl groups is 1. The smallest absolute Gasteiger partial charge is 0.0807 e. The quantitative estimate of drug-likeness (QED) is 0.863. The molecule has 2 nitrogen and oxygen atoms in total. The van der Waals surface area contributed by atoms with E-state index in [1.807, 2.05) is 13.0 Å². The molecule has 1 aliphatic rings. The lowest BCUT2D eigenvalue weighted by atomic mass is 10.0. The first-order chi connectivity index (χ1) is 8.33. The highest BCUT2D eigenvalue weighted by molar-refractivity contribution is 5.54. The second-order valence-corrected chi connectivity index (χ2v) is 4.88. The van der Waals surface area contributed by atoms with Crippen molar-refractivity contribution in [3.63, 3.8) is 0 Å². The number of nitrogens with zero attached hydrogens (tertiary/aromatic N) is 1. The first-order valence-electron chi connectivity index (χ1n) is 6.85. The van der Waals surface area contributed by atoms with Gasteiger partial charge in [0, 0.05) is 24.3 Å². The van der Waals surface area contributed by atoms with Gasteiger partial charge < -0.3 is 10.0 Å². The molecule has 1 atom stereocenters. The van der Waals surface area contributed by atoms with Gasteiger partial charge in [0.15, 0.2) is 0 Å². The molecule has 1 N–H and O–H groups in total. The molecule has 0 saturated carbocycles. The summed E-state index contributed by atoms with van der Waals surface area (Å²) in [6.45, 7) is 4.30. The molecule has 1 aliphatic heterocycles. The van der Waals surface area contributed by atoms with E-state index < -0.39 is 0 Å². The van der Waals surface area contributed by atoms with Crippen molar-refractivity contribution < 1.29 is 5.11 Å². The fourth-order valence-electron chi connectivity index (χ4n) is 2.59. The fraction of sp³-hybridized carbons (Fsp3) is 0.600. The van der Waals surface area contributed by atoms with Crippen LogP contribution < -0.4 is 4.90 Å². The molecular weight excluding hydrogens is 210 g/mol. The van der Waals surface area contributed by atoms with Gasteiger partial charge >= 0.3 is 0 Å². The summed E-state index contributed by atoms with van der Waals surface area (Å²) in [7, 11) is 0. The van der Waals surface area contributed by atoms with E-state index in [1.165, 1.54) is 31.4 Å². The Morgan fingerprint density at radius 1 is 1.12 bits per heavy atom. The van der Waals surface area contributed by atoms with E-state index in [9.17, 15) is 5.11 Å². The second kappa shape index (κ2) is 6.06. The molecule has 17 heavy (non-hydrogen) atoms. The molecule has 0 aliphatic carbocycles. The van der Waals surface area contributed by atoms with Gasteiger partial charge in [-0.2, -0.15) is 0 Å². The Labute approximate surface area is 104 Å². The lowest BCUT2D eigenvalue weighted by molar-refractivity contribution is 0.174. The molecule has 0 aromatic heterocycles. The number of hydrogen-bond acceptors (Lipinski definition) is 2. The molecule has 0 amide bonds. The summed E-state index contributed by atoms with van der Waals surface area (Å²) in [6, 6.07) is 8.32. The number of benzene rings is 1. The van der Waals surface area contributed by atoms with E-state index in [-0.39, 0.29) is 6.10 Å². The van der Waals surface area contributed by atoms with Gasteiger partial charge in [-0.1, -0.05) is 38.0 Å². The minimum absolute atomic E-state index is 0.325. The molecule has 0 radical (unpaired) electrons. The summed E-state index contributed by atoms with van der Waals surface area (Å²) in [6.07, 6.45) is 5.69. The number of aliphatic hydroxyl groups excluding tert-OH is 1. The van der Waals surface area contributed by atoms with Gasteiger partial charge in [0.2, 0.25) is 0 Å². The van der Waals surface area contributed by atoms with Gasteiger partial charge in [-0.05, 0) is 25.3 Å². The molecule has 1 aromatic carbocycles. The zero-order valence-corrected chi connectivity index (χ0v) is 10.7. The summed E-state index contributed by atoms with van der Waals surface area (Å²) < 4.78 is 0. The minimum atomic E-state index is -0.325. The van der Waals surface area contributed by atoms with Crippen LogP contribution in [0.15, 0.2) is 24.3 Å². The van der Waals surface area contributed by atoms with Gasteiger partial charge in [0.25, 0.3) is 0 Å². The van der Waals surface area contributed by atoms with Crippen molar-refractivity contribution in [2.75, 3.05) is 18.0 Å². The summed E-state index contributed by atoms with van der Waals surface area (Å²) >= 11 is 0. The molecule has 94 valence electrons. The third-order valence-corrected chi connectivity index (χ3v) is 3.63. The van der Waals surface area contributed by atoms with Crippen LogP contribution in [0.5, 0.6) is 0 Å². The Bertz CT molecular complexity index is 343. The standard InChI is InChI=1S/C15H23NO/c1-2-15(17)13-9-5-6-10-14(13)16-11-7-3-4-8-12-16/h5-6,9-10,15,17H,2-4,7-8,11-12H2,1H3. The Morgan fingerprint density at radius 2 is 1.76 bits per heavy atom. The first-order valence-corrected chi connectivity index (χ1v) is 6.85. The fourth-order valence-corrected chi connectivity index (χ4v) is 2.59. The van der Waals surface area contributed by atoms with Crippen molar-refractivity contribution in [3.05, 3.63) is 29.8 Å². The molecule has 0 bridgehead atoms. The van der Waals surface area contributed by atoms with Crippen LogP contribution in [0.4, 0.5) is 5.69 Å². The predicted octanol–water partition coefficient (Wildman–Crippen LogP) is 3.51. The highest BCUT2D eigenvalue weighted by atomic mass is 16.3. The Hall–Kier alpha value is -1.02. The average Bonchev–Trinajstić information content (AvgIpc) is 2.66. The Balaban J connectivity index is 2.23. The van der Waals surface area contributed by atoms with Crippen LogP contribution in [0, 0.1) is 0 Å².